The van der Waals surface area contributed by atoms with E-state index in [1.165, 1.54) is 12.1 Å². The fraction of sp³-hybridized carbons (Fsp3) is 0.273. The molecule has 0 saturated carbocycles. The monoisotopic (exact) mass is 353 g/mol. The van der Waals surface area contributed by atoms with Crippen molar-refractivity contribution in [3.63, 3.8) is 0 Å². The third kappa shape index (κ3) is 5.16. The summed E-state index contributed by atoms with van der Waals surface area (Å²) in [6.07, 6.45) is -0.346. The highest BCUT2D eigenvalue weighted by atomic mass is 35.5. The fourth-order valence-corrected chi connectivity index (χ4v) is 3.48. The van der Waals surface area contributed by atoms with Crippen LogP contribution in [0.5, 0.6) is 0 Å². The second-order valence-electron chi connectivity index (χ2n) is 4.16. The molecule has 0 fully saturated rings. The van der Waals surface area contributed by atoms with Crippen LogP contribution in [-0.4, -0.2) is 26.3 Å². The molecule has 0 heterocycles. The standard InChI is InChI=1S/C11H13Cl2N3O4S/c12-6-1-2-7(13)9(5-6)21(19,20)16-8(11(15)18)3-4-10(14)17/h1-2,5,8,16H,3-4H2,(H2,14,17)(H2,15,18)/t8-/m0/s1. The van der Waals surface area contributed by atoms with Crippen molar-refractivity contribution in [2.45, 2.75) is 23.8 Å². The summed E-state index contributed by atoms with van der Waals surface area (Å²) in [7, 11) is -4.12. The normalized spacial score (nSPS) is 12.9. The van der Waals surface area contributed by atoms with Crippen LogP contribution >= 0.6 is 23.2 Å². The zero-order chi connectivity index (χ0) is 16.2. The Morgan fingerprint density at radius 1 is 1.24 bits per heavy atom. The molecule has 0 saturated heterocycles. The molecule has 5 N–H and O–H groups in total. The Morgan fingerprint density at radius 3 is 2.38 bits per heavy atom. The van der Waals surface area contributed by atoms with Gasteiger partial charge in [-0.3, -0.25) is 9.59 Å². The highest BCUT2D eigenvalue weighted by molar-refractivity contribution is 7.89. The summed E-state index contributed by atoms with van der Waals surface area (Å²) in [5.74, 6) is -1.61. The maximum atomic E-state index is 12.2. The van der Waals surface area contributed by atoms with Gasteiger partial charge in [-0.1, -0.05) is 23.2 Å². The van der Waals surface area contributed by atoms with E-state index in [0.717, 1.165) is 6.07 Å². The lowest BCUT2D eigenvalue weighted by Crippen LogP contribution is -2.44. The van der Waals surface area contributed by atoms with Gasteiger partial charge in [0.15, 0.2) is 0 Å². The Balaban J connectivity index is 3.03. The summed E-state index contributed by atoms with van der Waals surface area (Å²) in [6, 6.07) is 2.58. The minimum Gasteiger partial charge on any atom is -0.370 e. The van der Waals surface area contributed by atoms with Gasteiger partial charge in [0, 0.05) is 11.4 Å². The smallest absolute Gasteiger partial charge is 0.242 e. The number of benzene rings is 1. The quantitative estimate of drug-likeness (QED) is 0.653. The minimum atomic E-state index is -4.12. The van der Waals surface area contributed by atoms with Crippen molar-refractivity contribution in [3.8, 4) is 0 Å². The van der Waals surface area contributed by atoms with Crippen LogP contribution < -0.4 is 16.2 Å². The van der Waals surface area contributed by atoms with Crippen LogP contribution in [0.4, 0.5) is 0 Å². The van der Waals surface area contributed by atoms with E-state index < -0.39 is 27.9 Å². The molecule has 0 bridgehead atoms. The first kappa shape index (κ1) is 17.7. The number of sulfonamides is 1. The Hall–Kier alpha value is -1.35. The summed E-state index contributed by atoms with van der Waals surface area (Å²) >= 11 is 11.5. The van der Waals surface area contributed by atoms with Gasteiger partial charge < -0.3 is 11.5 Å². The van der Waals surface area contributed by atoms with E-state index in [4.69, 9.17) is 34.7 Å². The van der Waals surface area contributed by atoms with E-state index in [2.05, 4.69) is 4.72 Å². The molecule has 0 unspecified atom stereocenters. The van der Waals surface area contributed by atoms with E-state index in [9.17, 15) is 18.0 Å². The Bertz CT molecular complexity index is 663. The molecule has 1 rings (SSSR count). The number of carbonyl (C=O) groups is 2. The molecule has 0 aliphatic rings. The van der Waals surface area contributed by atoms with Crippen LogP contribution in [0.15, 0.2) is 23.1 Å². The summed E-state index contributed by atoms with van der Waals surface area (Å²) in [6.45, 7) is 0. The number of rotatable bonds is 7. The van der Waals surface area contributed by atoms with Crippen LogP contribution in [0.1, 0.15) is 12.8 Å². The number of halogens is 2. The van der Waals surface area contributed by atoms with Crippen LogP contribution in [0.3, 0.4) is 0 Å². The molecule has 116 valence electrons. The van der Waals surface area contributed by atoms with Crippen LogP contribution in [0, 0.1) is 0 Å². The Kier molecular flexibility index (Phi) is 5.97. The zero-order valence-electron chi connectivity index (χ0n) is 10.7. The zero-order valence-corrected chi connectivity index (χ0v) is 13.0. The lowest BCUT2D eigenvalue weighted by atomic mass is 10.1. The molecule has 0 aromatic heterocycles. The van der Waals surface area contributed by atoms with E-state index in [0.29, 0.717) is 0 Å². The maximum absolute atomic E-state index is 12.2. The molecule has 0 aliphatic carbocycles. The van der Waals surface area contributed by atoms with Crippen molar-refractivity contribution in [3.05, 3.63) is 28.2 Å². The molecule has 1 aromatic rings. The molecule has 0 radical (unpaired) electrons. The number of primary amides is 2. The van der Waals surface area contributed by atoms with Crippen molar-refractivity contribution >= 4 is 45.0 Å². The molecule has 0 aliphatic heterocycles. The van der Waals surface area contributed by atoms with Gasteiger partial charge in [-0.15, -0.1) is 0 Å². The topological polar surface area (TPSA) is 132 Å². The van der Waals surface area contributed by atoms with Crippen LogP contribution in [0.25, 0.3) is 0 Å². The summed E-state index contributed by atoms with van der Waals surface area (Å²) in [5.41, 5.74) is 10.1. The molecule has 1 atom stereocenters. The first-order valence-electron chi connectivity index (χ1n) is 5.68. The van der Waals surface area contributed by atoms with Crippen LogP contribution in [0.2, 0.25) is 10.0 Å². The third-order valence-corrected chi connectivity index (χ3v) is 4.69. The SMILES string of the molecule is NC(=O)CC[C@H](NS(=O)(=O)c1cc(Cl)ccc1Cl)C(N)=O. The van der Waals surface area contributed by atoms with Crippen molar-refractivity contribution in [1.82, 2.24) is 4.72 Å². The largest absolute Gasteiger partial charge is 0.370 e. The molecule has 0 spiro atoms. The highest BCUT2D eigenvalue weighted by Crippen LogP contribution is 2.25. The van der Waals surface area contributed by atoms with Gasteiger partial charge in [0.05, 0.1) is 5.02 Å². The van der Waals surface area contributed by atoms with E-state index in [1.807, 2.05) is 0 Å². The van der Waals surface area contributed by atoms with Gasteiger partial charge >= 0.3 is 0 Å². The molecule has 21 heavy (non-hydrogen) atoms. The first-order valence-corrected chi connectivity index (χ1v) is 7.92. The summed E-state index contributed by atoms with van der Waals surface area (Å²) in [4.78, 5) is 21.7. The lowest BCUT2D eigenvalue weighted by Gasteiger charge is -2.15. The number of carbonyl (C=O) groups excluding carboxylic acids is 2. The molecule has 10 heteroatoms. The average Bonchev–Trinajstić information content (AvgIpc) is 2.36. The highest BCUT2D eigenvalue weighted by Gasteiger charge is 2.26. The molecular formula is C11H13Cl2N3O4S. The molecule has 2 amide bonds. The number of amides is 2. The van der Waals surface area contributed by atoms with Gasteiger partial charge in [0.1, 0.15) is 10.9 Å². The second kappa shape index (κ2) is 7.08. The number of hydrogen-bond donors (Lipinski definition) is 3. The Labute approximate surface area is 131 Å². The summed E-state index contributed by atoms with van der Waals surface area (Å²) < 4.78 is 26.5. The third-order valence-electron chi connectivity index (χ3n) is 2.50. The average molecular weight is 354 g/mol. The Morgan fingerprint density at radius 2 is 1.86 bits per heavy atom. The molecule has 7 nitrogen and oxygen atoms in total. The molecular weight excluding hydrogens is 341 g/mol. The van der Waals surface area contributed by atoms with Crippen LogP contribution in [-0.2, 0) is 19.6 Å². The fourth-order valence-electron chi connectivity index (χ4n) is 1.48. The van der Waals surface area contributed by atoms with E-state index in [-0.39, 0.29) is 27.8 Å². The van der Waals surface area contributed by atoms with Gasteiger partial charge in [-0.2, -0.15) is 4.72 Å². The van der Waals surface area contributed by atoms with E-state index in [1.54, 1.807) is 0 Å². The number of nitrogens with one attached hydrogen (secondary N) is 1. The van der Waals surface area contributed by atoms with E-state index >= 15 is 0 Å². The second-order valence-corrected chi connectivity index (χ2v) is 6.68. The minimum absolute atomic E-state index is 0.0648. The van der Waals surface area contributed by atoms with Crippen molar-refractivity contribution in [2.24, 2.45) is 11.5 Å². The lowest BCUT2D eigenvalue weighted by molar-refractivity contribution is -0.120. The number of nitrogens with two attached hydrogens (primary N) is 2. The van der Waals surface area contributed by atoms with Crippen molar-refractivity contribution in [1.29, 1.82) is 0 Å². The summed E-state index contributed by atoms with van der Waals surface area (Å²) in [5, 5.41) is 0.0950. The predicted molar refractivity (Wildman–Crippen MR) is 78.2 cm³/mol. The first-order chi connectivity index (χ1) is 9.63. The number of hydrogen-bond acceptors (Lipinski definition) is 4. The van der Waals surface area contributed by atoms with Gasteiger partial charge in [0.2, 0.25) is 21.8 Å². The maximum Gasteiger partial charge on any atom is 0.242 e. The van der Waals surface area contributed by atoms with Crippen molar-refractivity contribution < 1.29 is 18.0 Å². The van der Waals surface area contributed by atoms with Gasteiger partial charge in [0.25, 0.3) is 0 Å². The molecule has 1 aromatic carbocycles. The van der Waals surface area contributed by atoms with Crippen molar-refractivity contribution in [2.75, 3.05) is 0 Å². The van der Waals surface area contributed by atoms with Gasteiger partial charge in [-0.25, -0.2) is 8.42 Å². The predicted octanol–water partition coefficient (Wildman–Crippen LogP) is 0.391. The van der Waals surface area contributed by atoms with Gasteiger partial charge in [-0.05, 0) is 24.6 Å².